The smallest absolute Gasteiger partial charge is 0.397 e. The van der Waals surface area contributed by atoms with Crippen molar-refractivity contribution >= 4 is 22.3 Å². The van der Waals surface area contributed by atoms with Crippen LogP contribution < -0.4 is 0 Å². The fourth-order valence-corrected chi connectivity index (χ4v) is 6.76. The number of rotatable bonds is 25. The molecule has 2 heterocycles. The Bertz CT molecular complexity index is 1870. The third kappa shape index (κ3) is 17.7. The van der Waals surface area contributed by atoms with Gasteiger partial charge in [0.2, 0.25) is 0 Å². The van der Waals surface area contributed by atoms with E-state index in [9.17, 15) is 63.4 Å². The van der Waals surface area contributed by atoms with Gasteiger partial charge in [-0.2, -0.15) is 8.42 Å². The fourth-order valence-electron chi connectivity index (χ4n) is 6.48. The van der Waals surface area contributed by atoms with Gasteiger partial charge in [0.25, 0.3) is 0 Å². The molecule has 11 atom stereocenters. The van der Waals surface area contributed by atoms with Gasteiger partial charge in [-0.15, -0.1) is 0 Å². The number of aliphatic hydroxyl groups excluding tert-OH is 6. The lowest BCUT2D eigenvalue weighted by molar-refractivity contribution is -0.294. The summed E-state index contributed by atoms with van der Waals surface area (Å²) in [5, 5.41) is 86.0. The Morgan fingerprint density at radius 1 is 0.825 bits per heavy atom. The van der Waals surface area contributed by atoms with E-state index in [0.29, 0.717) is 0 Å². The highest BCUT2D eigenvalue weighted by atomic mass is 32.3. The van der Waals surface area contributed by atoms with Crippen LogP contribution in [0, 0.1) is 0 Å². The molecule has 0 amide bonds. The quantitative estimate of drug-likeness (QED) is 0.0224. The van der Waals surface area contributed by atoms with Crippen LogP contribution >= 0.6 is 0 Å². The minimum Gasteiger partial charge on any atom is -0.508 e. The molecule has 2 aliphatic rings. The molecule has 0 radical (unpaired) electrons. The van der Waals surface area contributed by atoms with Crippen LogP contribution in [0.4, 0.5) is 0 Å². The monoisotopic (exact) mass is 912 g/mol. The van der Waals surface area contributed by atoms with E-state index in [1.807, 2.05) is 25.2 Å². The number of aromatic hydroxyl groups is 2. The molecule has 19 nitrogen and oxygen atoms in total. The molecule has 9 N–H and O–H groups in total. The van der Waals surface area contributed by atoms with E-state index in [-0.39, 0.29) is 12.0 Å². The lowest BCUT2D eigenvalue weighted by Gasteiger charge is -2.44. The van der Waals surface area contributed by atoms with Gasteiger partial charge in [-0.3, -0.25) is 4.55 Å². The fraction of sp³-hybridized carbons (Fsp3) is 0.535. The van der Waals surface area contributed by atoms with Crippen molar-refractivity contribution in [2.24, 2.45) is 0 Å². The van der Waals surface area contributed by atoms with Crippen LogP contribution in [0.3, 0.4) is 0 Å². The molecule has 2 fully saturated rings. The van der Waals surface area contributed by atoms with Crippen LogP contribution in [0.1, 0.15) is 76.0 Å². The first kappa shape index (κ1) is 53.1. The Balaban J connectivity index is 1.85. The minimum atomic E-state index is -5.07. The van der Waals surface area contributed by atoms with Gasteiger partial charge >= 0.3 is 22.3 Å². The van der Waals surface area contributed by atoms with Crippen LogP contribution in [0.15, 0.2) is 85.0 Å². The highest BCUT2D eigenvalue weighted by Gasteiger charge is 2.54. The summed E-state index contributed by atoms with van der Waals surface area (Å²) in [4.78, 5) is 25.5. The summed E-state index contributed by atoms with van der Waals surface area (Å²) in [5.41, 5.74) is -0.754. The summed E-state index contributed by atoms with van der Waals surface area (Å²) < 4.78 is 64.5. The van der Waals surface area contributed by atoms with E-state index in [0.717, 1.165) is 62.8 Å². The highest BCUT2D eigenvalue weighted by Crippen LogP contribution is 2.43. The molecule has 2 saturated heterocycles. The zero-order valence-corrected chi connectivity index (χ0v) is 35.8. The molecule has 0 saturated carbocycles. The van der Waals surface area contributed by atoms with E-state index < -0.39 is 127 Å². The van der Waals surface area contributed by atoms with E-state index in [1.54, 1.807) is 24.3 Å². The molecule has 3 rings (SSSR count). The zero-order valence-electron chi connectivity index (χ0n) is 35.0. The number of phenols is 2. The Hall–Kier alpha value is -4.29. The lowest BCUT2D eigenvalue weighted by Crippen LogP contribution is -2.59. The van der Waals surface area contributed by atoms with Gasteiger partial charge in [0.15, 0.2) is 12.4 Å². The molecule has 1 aromatic carbocycles. The predicted octanol–water partition coefficient (Wildman–Crippen LogP) is 2.33. The normalized spacial score (nSPS) is 26.8. The number of carbonyl (C=O) groups is 2. The van der Waals surface area contributed by atoms with Crippen LogP contribution in [0.5, 0.6) is 11.5 Å². The maximum absolute atomic E-state index is 13.2. The lowest BCUT2D eigenvalue weighted by atomic mass is 9.88. The maximum Gasteiger partial charge on any atom is 0.397 e. The number of hydrogen-bond donors (Lipinski definition) is 9. The van der Waals surface area contributed by atoms with Crippen molar-refractivity contribution in [3.63, 3.8) is 0 Å². The topological polar surface area (TPSA) is 306 Å². The van der Waals surface area contributed by atoms with Gasteiger partial charge in [0.05, 0.1) is 19.3 Å². The van der Waals surface area contributed by atoms with Crippen LogP contribution in [-0.2, 0) is 54.5 Å². The van der Waals surface area contributed by atoms with Crippen molar-refractivity contribution in [1.82, 2.24) is 0 Å². The molecule has 0 bridgehead atoms. The number of allylic oxidation sites excluding steroid dienone is 8. The molecule has 0 spiro atoms. The first-order chi connectivity index (χ1) is 30.0. The first-order valence-corrected chi connectivity index (χ1v) is 21.9. The molecular formula is C43H60O19S. The minimum absolute atomic E-state index is 0.188. The second-order valence-corrected chi connectivity index (χ2v) is 15.7. The number of phenolic OH excluding ortho intramolecular Hbond substituents is 2. The largest absolute Gasteiger partial charge is 0.508 e. The Morgan fingerprint density at radius 3 is 2.19 bits per heavy atom. The number of unbranched alkanes of at least 4 members (excludes halogenated alkanes) is 4. The van der Waals surface area contributed by atoms with Crippen molar-refractivity contribution in [2.75, 3.05) is 13.2 Å². The molecular weight excluding hydrogens is 853 g/mol. The summed E-state index contributed by atoms with van der Waals surface area (Å²) in [6.45, 7) is 1.48. The van der Waals surface area contributed by atoms with Gasteiger partial charge in [-0.25, -0.2) is 13.8 Å². The number of benzene rings is 1. The second kappa shape index (κ2) is 27.1. The summed E-state index contributed by atoms with van der Waals surface area (Å²) in [7, 11) is -5.07. The molecule has 352 valence electrons. The second-order valence-electron chi connectivity index (χ2n) is 14.6. The molecule has 63 heavy (non-hydrogen) atoms. The molecule has 2 aliphatic heterocycles. The van der Waals surface area contributed by atoms with Crippen molar-refractivity contribution < 1.29 is 91.3 Å². The van der Waals surface area contributed by atoms with E-state index in [4.69, 9.17) is 23.7 Å². The van der Waals surface area contributed by atoms with Gasteiger partial charge in [-0.1, -0.05) is 93.9 Å². The third-order valence-electron chi connectivity index (χ3n) is 9.64. The SMILES string of the molecule is CCCC=CC=CC(O)CC=CC=CC(=O)OC1C(O)C(c2c(O)cc(O)cc2COS(=O)(=O)O)OC(CO)C1OC1OC(C(O)COC(=O)C=CC=CCCCCC)C(O)C1O. The van der Waals surface area contributed by atoms with Gasteiger partial charge < -0.3 is 64.5 Å². The van der Waals surface area contributed by atoms with Gasteiger partial charge in [-0.05, 0) is 37.3 Å². The van der Waals surface area contributed by atoms with Gasteiger partial charge in [0.1, 0.15) is 66.9 Å². The van der Waals surface area contributed by atoms with Crippen molar-refractivity contribution in [2.45, 2.75) is 133 Å². The van der Waals surface area contributed by atoms with Crippen LogP contribution in [0.25, 0.3) is 0 Å². The van der Waals surface area contributed by atoms with E-state index in [2.05, 4.69) is 11.1 Å². The number of aliphatic hydroxyl groups is 6. The average Bonchev–Trinajstić information content (AvgIpc) is 3.51. The Kier molecular flexibility index (Phi) is 22.8. The van der Waals surface area contributed by atoms with Crippen LogP contribution in [-0.4, -0.2) is 140 Å². The summed E-state index contributed by atoms with van der Waals surface area (Å²) >= 11 is 0. The maximum atomic E-state index is 13.2. The molecule has 1 aromatic rings. The number of ether oxygens (including phenoxy) is 5. The van der Waals surface area contributed by atoms with E-state index >= 15 is 0 Å². The zero-order chi connectivity index (χ0) is 46.5. The summed E-state index contributed by atoms with van der Waals surface area (Å²) in [6, 6.07) is 1.73. The average molecular weight is 913 g/mol. The van der Waals surface area contributed by atoms with E-state index in [1.165, 1.54) is 18.2 Å². The summed E-state index contributed by atoms with van der Waals surface area (Å²) in [5.74, 6) is -3.30. The first-order valence-electron chi connectivity index (χ1n) is 20.5. The highest BCUT2D eigenvalue weighted by molar-refractivity contribution is 7.80. The predicted molar refractivity (Wildman–Crippen MR) is 224 cm³/mol. The van der Waals surface area contributed by atoms with Crippen molar-refractivity contribution in [1.29, 1.82) is 0 Å². The number of esters is 2. The number of carbonyl (C=O) groups excluding carboxylic acids is 2. The van der Waals surface area contributed by atoms with Crippen molar-refractivity contribution in [3.05, 3.63) is 96.2 Å². The molecule has 11 unspecified atom stereocenters. The van der Waals surface area contributed by atoms with Crippen molar-refractivity contribution in [3.8, 4) is 11.5 Å². The third-order valence-corrected chi connectivity index (χ3v) is 10.1. The molecule has 0 aliphatic carbocycles. The number of hydrogen-bond acceptors (Lipinski definition) is 18. The summed E-state index contributed by atoms with van der Waals surface area (Å²) in [6.07, 6.45) is 5.55. The molecule has 0 aromatic heterocycles. The standard InChI is InChI=1S/C43H60O19S/c1-3-5-7-9-10-12-16-20-33(49)57-26-31(48)39-36(51)37(52)43(61-39)62-40-32(24-44)59-41(35-27(25-58-63(54,55)56)22-29(46)23-30(35)47)38(53)42(40)60-34(50)21-17-13-15-19-28(45)18-14-11-8-6-4-2/h8,10-18,20-23,28,31-32,36-48,51-53H,3-7,9,19,24-26H2,1-2H3,(H,54,55,56). The van der Waals surface area contributed by atoms with Gasteiger partial charge in [0, 0.05) is 23.8 Å². The Morgan fingerprint density at radius 2 is 1.51 bits per heavy atom. The van der Waals surface area contributed by atoms with Crippen LogP contribution in [0.2, 0.25) is 0 Å². The molecule has 20 heteroatoms. The Labute approximate surface area is 366 Å².